The number of halogens is 1. The van der Waals surface area contributed by atoms with Crippen molar-refractivity contribution in [1.82, 2.24) is 0 Å². The Morgan fingerprint density at radius 2 is 2.18 bits per heavy atom. The third-order valence-corrected chi connectivity index (χ3v) is 3.84. The summed E-state index contributed by atoms with van der Waals surface area (Å²) in [6.07, 6.45) is 3.06. The summed E-state index contributed by atoms with van der Waals surface area (Å²) in [6.45, 7) is 0. The van der Waals surface area contributed by atoms with Gasteiger partial charge in [0, 0.05) is 18.4 Å². The molecule has 0 bridgehead atoms. The Morgan fingerprint density at radius 1 is 1.47 bits per heavy atom. The summed E-state index contributed by atoms with van der Waals surface area (Å²) < 4.78 is 0.494. The van der Waals surface area contributed by atoms with Gasteiger partial charge in [-0.3, -0.25) is 14.9 Å². The van der Waals surface area contributed by atoms with E-state index < -0.39 is 4.92 Å². The molecule has 90 valence electrons. The monoisotopic (exact) mass is 297 g/mol. The number of nitrogens with zero attached hydrogens (tertiary/aromatic N) is 1. The third-order valence-electron chi connectivity index (χ3n) is 2.93. The number of carbonyl (C=O) groups is 1. The van der Waals surface area contributed by atoms with Gasteiger partial charge < -0.3 is 0 Å². The summed E-state index contributed by atoms with van der Waals surface area (Å²) >= 11 is 3.23. The average molecular weight is 298 g/mol. The molecule has 4 nitrogen and oxygen atoms in total. The molecule has 17 heavy (non-hydrogen) atoms. The number of hydrogen-bond acceptors (Lipinski definition) is 3. The Bertz CT molecular complexity index is 469. The first-order valence-corrected chi connectivity index (χ1v) is 6.33. The van der Waals surface area contributed by atoms with E-state index in [0.717, 1.165) is 18.4 Å². The molecule has 1 fully saturated rings. The van der Waals surface area contributed by atoms with Gasteiger partial charge in [-0.15, -0.1) is 0 Å². The zero-order valence-electron chi connectivity index (χ0n) is 9.19. The van der Waals surface area contributed by atoms with Gasteiger partial charge in [0.2, 0.25) is 0 Å². The van der Waals surface area contributed by atoms with Crippen LogP contribution in [0.1, 0.15) is 24.8 Å². The molecule has 0 N–H and O–H groups in total. The van der Waals surface area contributed by atoms with Crippen LogP contribution in [-0.4, -0.2) is 10.7 Å². The van der Waals surface area contributed by atoms with Crippen molar-refractivity contribution in [2.24, 2.45) is 5.92 Å². The van der Waals surface area contributed by atoms with Crippen molar-refractivity contribution in [2.75, 3.05) is 0 Å². The van der Waals surface area contributed by atoms with Crippen LogP contribution in [-0.2, 0) is 11.2 Å². The summed E-state index contributed by atoms with van der Waals surface area (Å²) in [4.78, 5) is 21.9. The topological polar surface area (TPSA) is 60.2 Å². The van der Waals surface area contributed by atoms with Gasteiger partial charge in [0.25, 0.3) is 5.69 Å². The lowest BCUT2D eigenvalue weighted by molar-refractivity contribution is -0.385. The highest BCUT2D eigenvalue weighted by atomic mass is 79.9. The molecule has 1 aromatic rings. The average Bonchev–Trinajstić information content (AvgIpc) is 3.10. The lowest BCUT2D eigenvalue weighted by atomic mass is 10.1. The molecule has 1 aromatic carbocycles. The van der Waals surface area contributed by atoms with Gasteiger partial charge in [-0.25, -0.2) is 0 Å². The minimum absolute atomic E-state index is 0.0568. The maximum Gasteiger partial charge on any atom is 0.283 e. The molecule has 0 amide bonds. The number of rotatable bonds is 5. The van der Waals surface area contributed by atoms with E-state index in [1.165, 1.54) is 6.07 Å². The van der Waals surface area contributed by atoms with E-state index in [-0.39, 0.29) is 17.4 Å². The standard InChI is InChI=1S/C12H12BrNO3/c13-12-9(2-1-3-10(12)14(16)17)6-7-11(15)8-4-5-8/h1-3,8H,4-7H2. The van der Waals surface area contributed by atoms with Gasteiger partial charge in [0.05, 0.1) is 9.40 Å². The molecule has 0 saturated heterocycles. The van der Waals surface area contributed by atoms with Crippen molar-refractivity contribution in [3.63, 3.8) is 0 Å². The number of ketones is 1. The number of benzene rings is 1. The highest BCUT2D eigenvalue weighted by Crippen LogP contribution is 2.33. The predicted molar refractivity (Wildman–Crippen MR) is 66.8 cm³/mol. The van der Waals surface area contributed by atoms with Gasteiger partial charge in [0.1, 0.15) is 5.78 Å². The Morgan fingerprint density at radius 3 is 2.76 bits per heavy atom. The quantitative estimate of drug-likeness (QED) is 0.619. The van der Waals surface area contributed by atoms with Crippen molar-refractivity contribution in [3.8, 4) is 0 Å². The van der Waals surface area contributed by atoms with Crippen molar-refractivity contribution in [1.29, 1.82) is 0 Å². The number of nitro groups is 1. The zero-order valence-corrected chi connectivity index (χ0v) is 10.8. The second-order valence-corrected chi connectivity index (χ2v) is 5.04. The van der Waals surface area contributed by atoms with Gasteiger partial charge in [-0.1, -0.05) is 12.1 Å². The number of Topliss-reactive ketones (excluding diaryl/α,β-unsaturated/α-hetero) is 1. The number of carbonyl (C=O) groups excluding carboxylic acids is 1. The Kier molecular flexibility index (Phi) is 3.57. The van der Waals surface area contributed by atoms with Crippen LogP contribution in [0.3, 0.4) is 0 Å². The first kappa shape index (κ1) is 12.2. The SMILES string of the molecule is O=C(CCc1cccc([N+](=O)[O-])c1Br)C1CC1. The number of hydrogen-bond donors (Lipinski definition) is 0. The molecule has 0 radical (unpaired) electrons. The summed E-state index contributed by atoms with van der Waals surface area (Å²) in [5, 5.41) is 10.7. The van der Waals surface area contributed by atoms with Crippen molar-refractivity contribution < 1.29 is 9.72 Å². The maximum absolute atomic E-state index is 11.6. The molecule has 0 aliphatic heterocycles. The van der Waals surface area contributed by atoms with Crippen LogP contribution < -0.4 is 0 Å². The molecule has 1 saturated carbocycles. The summed E-state index contributed by atoms with van der Waals surface area (Å²) in [7, 11) is 0. The van der Waals surface area contributed by atoms with Gasteiger partial charge >= 0.3 is 0 Å². The first-order chi connectivity index (χ1) is 8.09. The fourth-order valence-electron chi connectivity index (χ4n) is 1.77. The molecule has 0 heterocycles. The number of nitro benzene ring substituents is 1. The lowest BCUT2D eigenvalue weighted by Crippen LogP contribution is -2.03. The Labute approximate surface area is 107 Å². The van der Waals surface area contributed by atoms with E-state index >= 15 is 0 Å². The Hall–Kier alpha value is -1.23. The summed E-state index contributed by atoms with van der Waals surface area (Å²) in [5.41, 5.74) is 0.884. The van der Waals surface area contributed by atoms with Gasteiger partial charge in [-0.2, -0.15) is 0 Å². The van der Waals surface area contributed by atoms with E-state index in [1.54, 1.807) is 6.07 Å². The second kappa shape index (κ2) is 4.96. The normalized spacial score (nSPS) is 14.6. The number of aryl methyl sites for hydroxylation is 1. The molecule has 1 aliphatic rings. The van der Waals surface area contributed by atoms with Crippen LogP contribution in [0.5, 0.6) is 0 Å². The summed E-state index contributed by atoms with van der Waals surface area (Å²) in [5.74, 6) is 0.538. The van der Waals surface area contributed by atoms with E-state index in [0.29, 0.717) is 17.3 Å². The summed E-state index contributed by atoms with van der Waals surface area (Å²) in [6, 6.07) is 4.92. The first-order valence-electron chi connectivity index (χ1n) is 5.54. The van der Waals surface area contributed by atoms with E-state index in [2.05, 4.69) is 15.9 Å². The minimum Gasteiger partial charge on any atom is -0.299 e. The molecule has 1 aliphatic carbocycles. The highest BCUT2D eigenvalue weighted by Gasteiger charge is 2.29. The van der Waals surface area contributed by atoms with Crippen LogP contribution in [0, 0.1) is 16.0 Å². The molecular formula is C12H12BrNO3. The van der Waals surface area contributed by atoms with Crippen LogP contribution in [0.25, 0.3) is 0 Å². The highest BCUT2D eigenvalue weighted by molar-refractivity contribution is 9.10. The Balaban J connectivity index is 2.07. The van der Waals surface area contributed by atoms with Crippen molar-refractivity contribution >= 4 is 27.4 Å². The van der Waals surface area contributed by atoms with Crippen molar-refractivity contribution in [2.45, 2.75) is 25.7 Å². The second-order valence-electron chi connectivity index (χ2n) is 4.25. The largest absolute Gasteiger partial charge is 0.299 e. The minimum atomic E-state index is -0.420. The van der Waals surface area contributed by atoms with E-state index in [1.807, 2.05) is 6.07 Å². The molecule has 0 spiro atoms. The lowest BCUT2D eigenvalue weighted by Gasteiger charge is -2.04. The van der Waals surface area contributed by atoms with E-state index in [9.17, 15) is 14.9 Å². The van der Waals surface area contributed by atoms with E-state index in [4.69, 9.17) is 0 Å². The molecule has 0 aromatic heterocycles. The third kappa shape index (κ3) is 2.91. The predicted octanol–water partition coefficient (Wildman–Crippen LogP) is 3.27. The van der Waals surface area contributed by atoms with Crippen LogP contribution in [0.2, 0.25) is 0 Å². The molecule has 5 heteroatoms. The maximum atomic E-state index is 11.6. The van der Waals surface area contributed by atoms with Crippen LogP contribution in [0.15, 0.2) is 22.7 Å². The fraction of sp³-hybridized carbons (Fsp3) is 0.417. The smallest absolute Gasteiger partial charge is 0.283 e. The van der Waals surface area contributed by atoms with Crippen molar-refractivity contribution in [3.05, 3.63) is 38.3 Å². The molecule has 0 unspecified atom stereocenters. The fourth-order valence-corrected chi connectivity index (χ4v) is 2.37. The van der Waals surface area contributed by atoms with Gasteiger partial charge in [-0.05, 0) is 40.8 Å². The van der Waals surface area contributed by atoms with Crippen LogP contribution in [0.4, 0.5) is 5.69 Å². The van der Waals surface area contributed by atoms with Gasteiger partial charge in [0.15, 0.2) is 0 Å². The van der Waals surface area contributed by atoms with Crippen LogP contribution >= 0.6 is 15.9 Å². The zero-order chi connectivity index (χ0) is 12.4. The molecule has 0 atom stereocenters. The molecular weight excluding hydrogens is 286 g/mol. The molecule has 2 rings (SSSR count).